The number of amides is 2. The minimum Gasteiger partial charge on any atom is -0.447 e. The number of cyclic esters (lactones) is 1. The van der Waals surface area contributed by atoms with E-state index in [1.165, 1.54) is 10.5 Å². The van der Waals surface area contributed by atoms with E-state index in [2.05, 4.69) is 17.0 Å². The summed E-state index contributed by atoms with van der Waals surface area (Å²) >= 11 is 12.4. The molecule has 2 amide bonds. The average molecular weight is 461 g/mol. The summed E-state index contributed by atoms with van der Waals surface area (Å²) in [6.45, 7) is 6.24. The molecule has 0 aromatic heterocycles. The number of carbonyl (C=O) groups is 2. The SMILES string of the molecule is CC(C)[C@H]1COC(=O)N1C(=O)[C@@H]1CN(Cc2ccccc2)C[C@H]1c1ccc(Cl)c(Cl)c1. The molecule has 3 atom stereocenters. The first kappa shape index (κ1) is 22.1. The van der Waals surface area contributed by atoms with Crippen molar-refractivity contribution in [1.82, 2.24) is 9.80 Å². The molecule has 2 saturated heterocycles. The molecule has 31 heavy (non-hydrogen) atoms. The first-order valence-corrected chi connectivity index (χ1v) is 11.3. The van der Waals surface area contributed by atoms with Gasteiger partial charge in [0.1, 0.15) is 6.61 Å². The maximum Gasteiger partial charge on any atom is 0.416 e. The Labute approximate surface area is 192 Å². The van der Waals surface area contributed by atoms with Crippen molar-refractivity contribution >= 4 is 35.2 Å². The van der Waals surface area contributed by atoms with Gasteiger partial charge < -0.3 is 4.74 Å². The minimum absolute atomic E-state index is 0.0906. The van der Waals surface area contributed by atoms with Crippen LogP contribution in [-0.2, 0) is 16.1 Å². The zero-order chi connectivity index (χ0) is 22.1. The lowest BCUT2D eigenvalue weighted by atomic mass is 9.87. The lowest BCUT2D eigenvalue weighted by Gasteiger charge is -2.27. The highest BCUT2D eigenvalue weighted by molar-refractivity contribution is 6.42. The molecule has 0 aliphatic carbocycles. The molecule has 0 spiro atoms. The number of carbonyl (C=O) groups excluding carboxylic acids is 2. The van der Waals surface area contributed by atoms with E-state index >= 15 is 0 Å². The van der Waals surface area contributed by atoms with Gasteiger partial charge in [0.15, 0.2) is 0 Å². The first-order valence-electron chi connectivity index (χ1n) is 10.6. The van der Waals surface area contributed by atoms with Gasteiger partial charge in [0, 0.05) is 25.6 Å². The highest BCUT2D eigenvalue weighted by atomic mass is 35.5. The Morgan fingerprint density at radius 3 is 2.52 bits per heavy atom. The van der Waals surface area contributed by atoms with Gasteiger partial charge in [-0.1, -0.05) is 73.4 Å². The van der Waals surface area contributed by atoms with E-state index in [1.54, 1.807) is 6.07 Å². The van der Waals surface area contributed by atoms with Gasteiger partial charge in [-0.25, -0.2) is 9.69 Å². The van der Waals surface area contributed by atoms with Crippen molar-refractivity contribution in [2.75, 3.05) is 19.7 Å². The highest BCUT2D eigenvalue weighted by Crippen LogP contribution is 2.38. The van der Waals surface area contributed by atoms with Crippen LogP contribution in [0.2, 0.25) is 10.0 Å². The Balaban J connectivity index is 1.63. The normalized spacial score (nSPS) is 24.1. The summed E-state index contributed by atoms with van der Waals surface area (Å²) < 4.78 is 5.23. The Morgan fingerprint density at radius 2 is 1.84 bits per heavy atom. The number of halogens is 2. The summed E-state index contributed by atoms with van der Waals surface area (Å²) in [7, 11) is 0. The van der Waals surface area contributed by atoms with Crippen LogP contribution in [0.1, 0.15) is 30.9 Å². The Bertz CT molecular complexity index is 967. The van der Waals surface area contributed by atoms with Crippen LogP contribution < -0.4 is 0 Å². The maximum absolute atomic E-state index is 13.6. The molecule has 0 unspecified atom stereocenters. The van der Waals surface area contributed by atoms with E-state index in [0.717, 1.165) is 12.1 Å². The topological polar surface area (TPSA) is 49.9 Å². The third kappa shape index (κ3) is 4.59. The number of ether oxygens (including phenoxy) is 1. The summed E-state index contributed by atoms with van der Waals surface area (Å²) in [6.07, 6.45) is -0.543. The van der Waals surface area contributed by atoms with Crippen molar-refractivity contribution in [2.24, 2.45) is 11.8 Å². The van der Waals surface area contributed by atoms with Gasteiger partial charge in [0.25, 0.3) is 0 Å². The third-order valence-corrected chi connectivity index (χ3v) is 6.99. The maximum atomic E-state index is 13.6. The molecule has 2 aliphatic rings. The smallest absolute Gasteiger partial charge is 0.416 e. The van der Waals surface area contributed by atoms with Crippen molar-refractivity contribution in [3.8, 4) is 0 Å². The van der Waals surface area contributed by atoms with E-state index < -0.39 is 6.09 Å². The number of hydrogen-bond donors (Lipinski definition) is 0. The van der Waals surface area contributed by atoms with E-state index in [4.69, 9.17) is 27.9 Å². The Kier molecular flexibility index (Phi) is 6.56. The van der Waals surface area contributed by atoms with Crippen LogP contribution in [0.3, 0.4) is 0 Å². The molecule has 7 heteroatoms. The fraction of sp³-hybridized carbons (Fsp3) is 0.417. The predicted molar refractivity (Wildman–Crippen MR) is 121 cm³/mol. The fourth-order valence-electron chi connectivity index (χ4n) is 4.55. The second-order valence-electron chi connectivity index (χ2n) is 8.66. The standard InChI is InChI=1S/C24H26Cl2N2O3/c1-15(2)22-14-31-24(30)28(22)23(29)19-13-27(11-16-6-4-3-5-7-16)12-18(19)17-8-9-20(25)21(26)10-17/h3-10,15,18-19,22H,11-14H2,1-2H3/t18-,19+,22+/m0/s1. The number of imide groups is 1. The summed E-state index contributed by atoms with van der Waals surface area (Å²) in [5, 5.41) is 0.947. The quantitative estimate of drug-likeness (QED) is 0.613. The summed E-state index contributed by atoms with van der Waals surface area (Å²) in [5.74, 6) is -0.506. The molecule has 164 valence electrons. The molecular weight excluding hydrogens is 435 g/mol. The van der Waals surface area contributed by atoms with Crippen molar-refractivity contribution in [3.05, 3.63) is 69.7 Å². The molecule has 0 N–H and O–H groups in total. The summed E-state index contributed by atoms with van der Waals surface area (Å²) in [5.41, 5.74) is 2.14. The molecule has 2 aromatic carbocycles. The Morgan fingerprint density at radius 1 is 1.10 bits per heavy atom. The fourth-order valence-corrected chi connectivity index (χ4v) is 4.85. The zero-order valence-electron chi connectivity index (χ0n) is 17.6. The molecule has 2 aromatic rings. The van der Waals surface area contributed by atoms with E-state index in [-0.39, 0.29) is 36.3 Å². The van der Waals surface area contributed by atoms with E-state index in [1.807, 2.05) is 44.2 Å². The van der Waals surface area contributed by atoms with Gasteiger partial charge in [-0.3, -0.25) is 9.69 Å². The zero-order valence-corrected chi connectivity index (χ0v) is 19.1. The van der Waals surface area contributed by atoms with Crippen LogP contribution in [0.25, 0.3) is 0 Å². The number of hydrogen-bond acceptors (Lipinski definition) is 4. The monoisotopic (exact) mass is 460 g/mol. The molecule has 2 heterocycles. The first-order chi connectivity index (χ1) is 14.8. The van der Waals surface area contributed by atoms with Crippen molar-refractivity contribution in [1.29, 1.82) is 0 Å². The number of benzene rings is 2. The molecule has 4 rings (SSSR count). The van der Waals surface area contributed by atoms with Crippen LogP contribution in [0, 0.1) is 11.8 Å². The van der Waals surface area contributed by atoms with E-state index in [0.29, 0.717) is 23.1 Å². The summed E-state index contributed by atoms with van der Waals surface area (Å²) in [6, 6.07) is 15.5. The molecule has 0 saturated carbocycles. The third-order valence-electron chi connectivity index (χ3n) is 6.25. The minimum atomic E-state index is -0.543. The van der Waals surface area contributed by atoms with Crippen LogP contribution >= 0.6 is 23.2 Å². The van der Waals surface area contributed by atoms with Gasteiger partial charge in [-0.2, -0.15) is 0 Å². The molecule has 0 radical (unpaired) electrons. The van der Waals surface area contributed by atoms with Crippen LogP contribution in [0.15, 0.2) is 48.5 Å². The van der Waals surface area contributed by atoms with Crippen LogP contribution in [-0.4, -0.2) is 47.5 Å². The van der Waals surface area contributed by atoms with Gasteiger partial charge in [0.05, 0.1) is 22.0 Å². The number of likely N-dealkylation sites (tertiary alicyclic amines) is 1. The summed E-state index contributed by atoms with van der Waals surface area (Å²) in [4.78, 5) is 29.7. The largest absolute Gasteiger partial charge is 0.447 e. The molecular formula is C24H26Cl2N2O3. The second kappa shape index (κ2) is 9.19. The Hall–Kier alpha value is -2.08. The second-order valence-corrected chi connectivity index (χ2v) is 9.48. The van der Waals surface area contributed by atoms with Gasteiger partial charge in [-0.05, 0) is 29.2 Å². The predicted octanol–water partition coefficient (Wildman–Crippen LogP) is 5.21. The lowest BCUT2D eigenvalue weighted by molar-refractivity contribution is -0.134. The molecule has 2 aliphatic heterocycles. The molecule has 2 fully saturated rings. The number of rotatable bonds is 5. The molecule has 0 bridgehead atoms. The highest BCUT2D eigenvalue weighted by Gasteiger charge is 2.47. The lowest BCUT2D eigenvalue weighted by Crippen LogP contribution is -2.46. The van der Waals surface area contributed by atoms with Crippen molar-refractivity contribution in [2.45, 2.75) is 32.4 Å². The van der Waals surface area contributed by atoms with Crippen molar-refractivity contribution < 1.29 is 14.3 Å². The van der Waals surface area contributed by atoms with Gasteiger partial charge in [-0.15, -0.1) is 0 Å². The number of nitrogens with zero attached hydrogens (tertiary/aromatic N) is 2. The van der Waals surface area contributed by atoms with Crippen LogP contribution in [0.5, 0.6) is 0 Å². The van der Waals surface area contributed by atoms with Gasteiger partial charge in [0.2, 0.25) is 5.91 Å². The van der Waals surface area contributed by atoms with Crippen molar-refractivity contribution in [3.63, 3.8) is 0 Å². The van der Waals surface area contributed by atoms with E-state index in [9.17, 15) is 9.59 Å². The van der Waals surface area contributed by atoms with Gasteiger partial charge >= 0.3 is 6.09 Å². The average Bonchev–Trinajstić information content (AvgIpc) is 3.34. The molecule has 5 nitrogen and oxygen atoms in total. The van der Waals surface area contributed by atoms with Crippen LogP contribution in [0.4, 0.5) is 4.79 Å².